The lowest BCUT2D eigenvalue weighted by molar-refractivity contribution is -0.882. The van der Waals surface area contributed by atoms with Crippen molar-refractivity contribution in [3.8, 4) is 0 Å². The number of ketones is 1. The molecule has 0 heterocycles. The van der Waals surface area contributed by atoms with Crippen LogP contribution in [0.1, 0.15) is 81.5 Å². The minimum atomic E-state index is 0. The molecule has 0 aromatic heterocycles. The van der Waals surface area contributed by atoms with Gasteiger partial charge in [0.15, 0.2) is 0 Å². The van der Waals surface area contributed by atoms with Gasteiger partial charge in [0.25, 0.3) is 0 Å². The molecule has 0 saturated carbocycles. The minimum absolute atomic E-state index is 0. The van der Waals surface area contributed by atoms with Crippen molar-refractivity contribution in [2.45, 2.75) is 71.1 Å². The van der Waals surface area contributed by atoms with Crippen molar-refractivity contribution in [3.63, 3.8) is 0 Å². The molecule has 25 heavy (non-hydrogen) atoms. The molecule has 1 rings (SSSR count). The van der Waals surface area contributed by atoms with E-state index in [0.717, 1.165) is 16.6 Å². The number of unbranched alkanes of at least 4 members (excludes halogenated alkanes) is 9. The summed E-state index contributed by atoms with van der Waals surface area (Å²) in [5, 5.41) is 0. The molecular formula is C22H38ClNO. The second-order valence-electron chi connectivity index (χ2n) is 7.79. The zero-order valence-corrected chi connectivity index (χ0v) is 17.4. The summed E-state index contributed by atoms with van der Waals surface area (Å²) in [7, 11) is 4.35. The SMILES string of the molecule is CCCCCCCCCCCC[N+](C)(C)CC(=O)c1ccccc1.[Cl-]. The summed E-state index contributed by atoms with van der Waals surface area (Å²) in [6.07, 6.45) is 13.6. The topological polar surface area (TPSA) is 17.1 Å². The van der Waals surface area contributed by atoms with Crippen LogP contribution in [0.25, 0.3) is 0 Å². The summed E-state index contributed by atoms with van der Waals surface area (Å²) in [5.41, 5.74) is 0.840. The number of likely N-dealkylation sites (N-methyl/N-ethyl adjacent to an activating group) is 1. The molecule has 0 aliphatic carbocycles. The van der Waals surface area contributed by atoms with Crippen LogP contribution in [0, 0.1) is 0 Å². The van der Waals surface area contributed by atoms with E-state index >= 15 is 0 Å². The normalized spacial score (nSPS) is 11.2. The molecule has 0 bridgehead atoms. The number of hydrogen-bond donors (Lipinski definition) is 0. The average molecular weight is 368 g/mol. The third-order valence-electron chi connectivity index (χ3n) is 4.78. The van der Waals surface area contributed by atoms with Crippen molar-refractivity contribution >= 4 is 5.78 Å². The predicted molar refractivity (Wildman–Crippen MR) is 104 cm³/mol. The van der Waals surface area contributed by atoms with Crippen LogP contribution in [0.2, 0.25) is 0 Å². The van der Waals surface area contributed by atoms with E-state index in [2.05, 4.69) is 21.0 Å². The summed E-state index contributed by atoms with van der Waals surface area (Å²) in [4.78, 5) is 12.3. The zero-order chi connectivity index (χ0) is 17.7. The Bertz CT molecular complexity index is 445. The zero-order valence-electron chi connectivity index (χ0n) is 16.6. The molecule has 0 spiro atoms. The molecule has 1 aromatic rings. The standard InChI is InChI=1S/C22H38NO.ClH/c1-4-5-6-7-8-9-10-11-12-16-19-23(2,3)20-22(24)21-17-14-13-15-18-21;/h13-15,17-18H,4-12,16,19-20H2,1-3H3;1H/q+1;/p-1. The van der Waals surface area contributed by atoms with E-state index in [4.69, 9.17) is 0 Å². The Morgan fingerprint density at radius 1 is 0.800 bits per heavy atom. The highest BCUT2D eigenvalue weighted by Crippen LogP contribution is 2.12. The molecule has 1 aromatic carbocycles. The summed E-state index contributed by atoms with van der Waals surface area (Å²) in [6.45, 7) is 3.96. The highest BCUT2D eigenvalue weighted by atomic mass is 35.5. The van der Waals surface area contributed by atoms with Gasteiger partial charge in [0.1, 0.15) is 6.54 Å². The first-order valence-electron chi connectivity index (χ1n) is 9.95. The second-order valence-corrected chi connectivity index (χ2v) is 7.79. The van der Waals surface area contributed by atoms with Gasteiger partial charge in [0.2, 0.25) is 5.78 Å². The third kappa shape index (κ3) is 12.2. The fraction of sp³-hybridized carbons (Fsp3) is 0.682. The molecule has 0 fully saturated rings. The quantitative estimate of drug-likeness (QED) is 0.281. The molecule has 144 valence electrons. The first kappa shape index (κ1) is 24.1. The Morgan fingerprint density at radius 3 is 1.80 bits per heavy atom. The van der Waals surface area contributed by atoms with Crippen LogP contribution in [0.3, 0.4) is 0 Å². The van der Waals surface area contributed by atoms with Crippen molar-refractivity contribution < 1.29 is 21.7 Å². The Kier molecular flexibility index (Phi) is 13.8. The van der Waals surface area contributed by atoms with E-state index in [0.29, 0.717) is 6.54 Å². The molecule has 2 nitrogen and oxygen atoms in total. The van der Waals surface area contributed by atoms with E-state index in [1.54, 1.807) is 0 Å². The number of benzene rings is 1. The van der Waals surface area contributed by atoms with Crippen molar-refractivity contribution in [3.05, 3.63) is 35.9 Å². The number of carbonyl (C=O) groups excluding carboxylic acids is 1. The molecular weight excluding hydrogens is 330 g/mol. The van der Waals surface area contributed by atoms with Crippen LogP contribution in [-0.4, -0.2) is 37.5 Å². The Morgan fingerprint density at radius 2 is 1.28 bits per heavy atom. The van der Waals surface area contributed by atoms with Crippen molar-refractivity contribution in [1.82, 2.24) is 0 Å². The fourth-order valence-corrected chi connectivity index (χ4v) is 3.21. The number of quaternary nitrogens is 1. The fourth-order valence-electron chi connectivity index (χ4n) is 3.21. The Hall–Kier alpha value is -0.860. The lowest BCUT2D eigenvalue weighted by Crippen LogP contribution is -3.00. The number of hydrogen-bond acceptors (Lipinski definition) is 1. The highest BCUT2D eigenvalue weighted by molar-refractivity contribution is 5.96. The van der Waals surface area contributed by atoms with Gasteiger partial charge in [-0.3, -0.25) is 4.79 Å². The summed E-state index contributed by atoms with van der Waals surface area (Å²) in [6, 6.07) is 9.68. The molecule has 0 saturated heterocycles. The molecule has 3 heteroatoms. The van der Waals surface area contributed by atoms with E-state index in [1.165, 1.54) is 64.2 Å². The van der Waals surface area contributed by atoms with Gasteiger partial charge in [-0.1, -0.05) is 88.6 Å². The van der Waals surface area contributed by atoms with Crippen LogP contribution in [0.5, 0.6) is 0 Å². The van der Waals surface area contributed by atoms with Gasteiger partial charge in [-0.2, -0.15) is 0 Å². The van der Waals surface area contributed by atoms with Gasteiger partial charge in [-0.25, -0.2) is 0 Å². The van der Waals surface area contributed by atoms with Crippen molar-refractivity contribution in [2.24, 2.45) is 0 Å². The number of rotatable bonds is 14. The van der Waals surface area contributed by atoms with Gasteiger partial charge in [0, 0.05) is 5.56 Å². The molecule has 0 radical (unpaired) electrons. The lowest BCUT2D eigenvalue weighted by Gasteiger charge is -2.29. The number of halogens is 1. The maximum Gasteiger partial charge on any atom is 0.216 e. The van der Waals surface area contributed by atoms with Crippen molar-refractivity contribution in [1.29, 1.82) is 0 Å². The van der Waals surface area contributed by atoms with E-state index < -0.39 is 0 Å². The summed E-state index contributed by atoms with van der Waals surface area (Å²) < 4.78 is 0.796. The van der Waals surface area contributed by atoms with Crippen molar-refractivity contribution in [2.75, 3.05) is 27.2 Å². The maximum absolute atomic E-state index is 12.3. The maximum atomic E-state index is 12.3. The molecule has 0 aliphatic rings. The monoisotopic (exact) mass is 367 g/mol. The predicted octanol–water partition coefficient (Wildman–Crippen LogP) is 2.87. The first-order chi connectivity index (χ1) is 11.5. The summed E-state index contributed by atoms with van der Waals surface area (Å²) in [5.74, 6) is 0.257. The molecule has 0 amide bonds. The highest BCUT2D eigenvalue weighted by Gasteiger charge is 2.20. The Balaban J connectivity index is 0.00000576. The van der Waals surface area contributed by atoms with Crippen LogP contribution in [-0.2, 0) is 0 Å². The smallest absolute Gasteiger partial charge is 0.216 e. The number of nitrogens with zero attached hydrogens (tertiary/aromatic N) is 1. The van der Waals surface area contributed by atoms with Gasteiger partial charge >= 0.3 is 0 Å². The number of Topliss-reactive ketones (excluding diaryl/α,β-unsaturated/α-hetero) is 1. The first-order valence-corrected chi connectivity index (χ1v) is 9.95. The van der Waals surface area contributed by atoms with Gasteiger partial charge in [-0.05, 0) is 12.8 Å². The van der Waals surface area contributed by atoms with Crippen LogP contribution in [0.4, 0.5) is 0 Å². The third-order valence-corrected chi connectivity index (χ3v) is 4.78. The lowest BCUT2D eigenvalue weighted by atomic mass is 10.1. The van der Waals surface area contributed by atoms with Crippen LogP contribution < -0.4 is 12.4 Å². The molecule has 0 atom stereocenters. The van der Waals surface area contributed by atoms with Crippen LogP contribution in [0.15, 0.2) is 30.3 Å². The molecule has 0 unspecified atom stereocenters. The van der Waals surface area contributed by atoms with E-state index in [9.17, 15) is 4.79 Å². The summed E-state index contributed by atoms with van der Waals surface area (Å²) >= 11 is 0. The van der Waals surface area contributed by atoms with Gasteiger partial charge < -0.3 is 16.9 Å². The molecule has 0 N–H and O–H groups in total. The average Bonchev–Trinajstić information content (AvgIpc) is 2.57. The largest absolute Gasteiger partial charge is 1.00 e. The number of carbonyl (C=O) groups is 1. The van der Waals surface area contributed by atoms with Crippen LogP contribution >= 0.6 is 0 Å². The molecule has 0 aliphatic heterocycles. The van der Waals surface area contributed by atoms with E-state index in [1.807, 2.05) is 30.3 Å². The second kappa shape index (κ2) is 14.3. The van der Waals surface area contributed by atoms with Gasteiger partial charge in [-0.15, -0.1) is 0 Å². The van der Waals surface area contributed by atoms with E-state index in [-0.39, 0.29) is 18.2 Å². The van der Waals surface area contributed by atoms with Gasteiger partial charge in [0.05, 0.1) is 20.6 Å². The Labute approximate surface area is 162 Å². The minimum Gasteiger partial charge on any atom is -1.00 e.